The molecular weight excluding hydrogens is 398 g/mol. The van der Waals surface area contributed by atoms with Crippen molar-refractivity contribution in [2.24, 2.45) is 0 Å². The minimum Gasteiger partial charge on any atom is -0.325 e. The van der Waals surface area contributed by atoms with Gasteiger partial charge in [0, 0.05) is 23.4 Å². The number of nitro benzene ring substituents is 1. The molecule has 0 saturated heterocycles. The van der Waals surface area contributed by atoms with Crippen LogP contribution in [0.5, 0.6) is 0 Å². The number of amides is 1. The van der Waals surface area contributed by atoms with Gasteiger partial charge in [0.15, 0.2) is 11.0 Å². The second kappa shape index (κ2) is 7.72. The molecule has 0 spiro atoms. The molecule has 1 amide bonds. The Morgan fingerprint density at radius 2 is 2.21 bits per heavy atom. The van der Waals surface area contributed by atoms with E-state index in [2.05, 4.69) is 20.1 Å². The molecule has 3 aromatic rings. The number of nitrogens with zero attached hydrogens (tertiary/aromatic N) is 4. The van der Waals surface area contributed by atoms with Crippen LogP contribution in [0.25, 0.3) is 10.7 Å². The van der Waals surface area contributed by atoms with E-state index in [0.717, 1.165) is 28.7 Å². The van der Waals surface area contributed by atoms with E-state index < -0.39 is 4.92 Å². The maximum atomic E-state index is 12.3. The van der Waals surface area contributed by atoms with E-state index in [1.54, 1.807) is 30.4 Å². The summed E-state index contributed by atoms with van der Waals surface area (Å²) in [6, 6.07) is 9.04. The van der Waals surface area contributed by atoms with Gasteiger partial charge in [0.05, 0.1) is 15.6 Å². The lowest BCUT2D eigenvalue weighted by atomic mass is 10.2. The van der Waals surface area contributed by atoms with Crippen LogP contribution in [0, 0.1) is 17.0 Å². The van der Waals surface area contributed by atoms with E-state index >= 15 is 0 Å². The normalized spacial score (nSPS) is 13.5. The number of thioether (sulfide) groups is 1. The van der Waals surface area contributed by atoms with Crippen molar-refractivity contribution in [3.05, 3.63) is 51.4 Å². The molecule has 1 aliphatic carbocycles. The first-order valence-electron chi connectivity index (χ1n) is 8.69. The summed E-state index contributed by atoms with van der Waals surface area (Å²) in [5, 5.41) is 25.1. The molecule has 0 atom stereocenters. The maximum Gasteiger partial charge on any atom is 0.274 e. The quantitative estimate of drug-likeness (QED) is 0.351. The Morgan fingerprint density at radius 3 is 2.89 bits per heavy atom. The van der Waals surface area contributed by atoms with Crippen molar-refractivity contribution in [3.63, 3.8) is 0 Å². The highest BCUT2D eigenvalue weighted by atomic mass is 32.2. The van der Waals surface area contributed by atoms with Gasteiger partial charge < -0.3 is 5.32 Å². The maximum absolute atomic E-state index is 12.3. The lowest BCUT2D eigenvalue weighted by Gasteiger charge is -2.08. The zero-order valence-corrected chi connectivity index (χ0v) is 16.6. The van der Waals surface area contributed by atoms with Crippen molar-refractivity contribution < 1.29 is 9.72 Å². The second-order valence-corrected chi connectivity index (χ2v) is 8.37. The van der Waals surface area contributed by atoms with E-state index in [-0.39, 0.29) is 17.3 Å². The summed E-state index contributed by atoms with van der Waals surface area (Å²) in [5.74, 6) is 0.748. The molecule has 1 saturated carbocycles. The molecule has 0 unspecified atom stereocenters. The number of hydrogen-bond donors (Lipinski definition) is 1. The highest BCUT2D eigenvalue weighted by Gasteiger charge is 2.30. The number of anilines is 1. The van der Waals surface area contributed by atoms with Gasteiger partial charge in [-0.05, 0) is 37.3 Å². The Balaban J connectivity index is 1.44. The van der Waals surface area contributed by atoms with Crippen LogP contribution < -0.4 is 5.32 Å². The molecule has 0 aliphatic heterocycles. The van der Waals surface area contributed by atoms with Crippen molar-refractivity contribution >= 4 is 40.4 Å². The van der Waals surface area contributed by atoms with Crippen molar-refractivity contribution in [1.82, 2.24) is 14.8 Å². The van der Waals surface area contributed by atoms with E-state index in [4.69, 9.17) is 0 Å². The average molecular weight is 416 g/mol. The summed E-state index contributed by atoms with van der Waals surface area (Å²) in [7, 11) is 0. The third-order valence-corrected chi connectivity index (χ3v) is 6.15. The molecule has 2 heterocycles. The molecule has 1 aromatic carbocycles. The number of aromatic nitrogens is 3. The third kappa shape index (κ3) is 3.92. The van der Waals surface area contributed by atoms with E-state index in [9.17, 15) is 14.9 Å². The van der Waals surface area contributed by atoms with E-state index in [0.29, 0.717) is 17.3 Å². The van der Waals surface area contributed by atoms with Gasteiger partial charge in [-0.25, -0.2) is 0 Å². The molecule has 2 aromatic heterocycles. The topological polar surface area (TPSA) is 103 Å². The van der Waals surface area contributed by atoms with Gasteiger partial charge in [-0.15, -0.1) is 21.5 Å². The number of nitro groups is 1. The van der Waals surface area contributed by atoms with Crippen LogP contribution in [0.2, 0.25) is 0 Å². The van der Waals surface area contributed by atoms with E-state index in [1.807, 2.05) is 17.5 Å². The van der Waals surface area contributed by atoms with Gasteiger partial charge in [0.2, 0.25) is 5.91 Å². The summed E-state index contributed by atoms with van der Waals surface area (Å²) in [5.41, 5.74) is 0.946. The third-order valence-electron chi connectivity index (χ3n) is 4.34. The number of nitrogens with one attached hydrogen (secondary N) is 1. The van der Waals surface area contributed by atoms with Crippen LogP contribution >= 0.6 is 23.1 Å². The summed E-state index contributed by atoms with van der Waals surface area (Å²) in [6.45, 7) is 1.66. The molecule has 144 valence electrons. The molecule has 4 rings (SSSR count). The molecule has 0 radical (unpaired) electrons. The molecule has 0 bridgehead atoms. The van der Waals surface area contributed by atoms with E-state index in [1.165, 1.54) is 17.8 Å². The first kappa shape index (κ1) is 18.6. The molecule has 8 nitrogen and oxygen atoms in total. The fraction of sp³-hybridized carbons (Fsp3) is 0.278. The first-order chi connectivity index (χ1) is 13.5. The Hall–Kier alpha value is -2.72. The number of thiophene rings is 1. The van der Waals surface area contributed by atoms with Crippen LogP contribution in [0.4, 0.5) is 11.4 Å². The highest BCUT2D eigenvalue weighted by molar-refractivity contribution is 7.99. The van der Waals surface area contributed by atoms with Gasteiger partial charge in [0.25, 0.3) is 5.69 Å². The van der Waals surface area contributed by atoms with Crippen LogP contribution in [-0.4, -0.2) is 31.3 Å². The molecule has 10 heteroatoms. The van der Waals surface area contributed by atoms with Crippen LogP contribution in [0.15, 0.2) is 40.9 Å². The SMILES string of the molecule is Cc1ccc(NC(=O)CSc2nnc(-c3cccs3)n2C2CC2)cc1[N+](=O)[O-]. The van der Waals surface area contributed by atoms with Crippen molar-refractivity contribution in [2.45, 2.75) is 31.0 Å². The predicted molar refractivity (Wildman–Crippen MR) is 109 cm³/mol. The van der Waals surface area contributed by atoms with Gasteiger partial charge in [-0.3, -0.25) is 19.5 Å². The van der Waals surface area contributed by atoms with Gasteiger partial charge >= 0.3 is 0 Å². The zero-order chi connectivity index (χ0) is 19.7. The van der Waals surface area contributed by atoms with Gasteiger partial charge in [0.1, 0.15) is 0 Å². The Labute approximate surface area is 169 Å². The Kier molecular flexibility index (Phi) is 5.14. The summed E-state index contributed by atoms with van der Waals surface area (Å²) in [4.78, 5) is 24.0. The molecule has 28 heavy (non-hydrogen) atoms. The Morgan fingerprint density at radius 1 is 1.39 bits per heavy atom. The van der Waals surface area contributed by atoms with Gasteiger partial charge in [-0.2, -0.15) is 0 Å². The lowest BCUT2D eigenvalue weighted by molar-refractivity contribution is -0.385. The molecule has 1 N–H and O–H groups in total. The molecule has 1 aliphatic rings. The van der Waals surface area contributed by atoms with Crippen LogP contribution in [-0.2, 0) is 4.79 Å². The number of hydrogen-bond acceptors (Lipinski definition) is 7. The highest BCUT2D eigenvalue weighted by Crippen LogP contribution is 2.41. The standard InChI is InChI=1S/C18H17N5O3S2/c1-11-4-5-12(9-14(11)23(25)26)19-16(24)10-28-18-21-20-17(15-3-2-8-27-15)22(18)13-6-7-13/h2-5,8-9,13H,6-7,10H2,1H3,(H,19,24). The minimum absolute atomic E-state index is 0.0143. The van der Waals surface area contributed by atoms with Crippen LogP contribution in [0.3, 0.4) is 0 Å². The largest absolute Gasteiger partial charge is 0.325 e. The monoisotopic (exact) mass is 415 g/mol. The lowest BCUT2D eigenvalue weighted by Crippen LogP contribution is -2.15. The van der Waals surface area contributed by atoms with Crippen molar-refractivity contribution in [3.8, 4) is 10.7 Å². The first-order valence-corrected chi connectivity index (χ1v) is 10.6. The van der Waals surface area contributed by atoms with Crippen molar-refractivity contribution in [2.75, 3.05) is 11.1 Å². The number of aryl methyl sites for hydroxylation is 1. The number of rotatable bonds is 7. The number of benzene rings is 1. The Bertz CT molecular complexity index is 1030. The molecule has 1 fully saturated rings. The van der Waals surface area contributed by atoms with Gasteiger partial charge in [-0.1, -0.05) is 23.9 Å². The van der Waals surface area contributed by atoms with Crippen molar-refractivity contribution in [1.29, 1.82) is 0 Å². The summed E-state index contributed by atoms with van der Waals surface area (Å²) < 4.78 is 2.11. The smallest absolute Gasteiger partial charge is 0.274 e. The summed E-state index contributed by atoms with van der Waals surface area (Å²) in [6.07, 6.45) is 2.17. The fourth-order valence-corrected chi connectivity index (χ4v) is 4.33. The summed E-state index contributed by atoms with van der Waals surface area (Å²) >= 11 is 2.94. The van der Waals surface area contributed by atoms with Crippen LogP contribution in [0.1, 0.15) is 24.4 Å². The molecular formula is C18H17N5O3S2. The zero-order valence-electron chi connectivity index (χ0n) is 15.0. The number of carbonyl (C=O) groups is 1. The minimum atomic E-state index is -0.454. The average Bonchev–Trinajstić information content (AvgIpc) is 3.18. The number of carbonyl (C=O) groups excluding carboxylic acids is 1. The fourth-order valence-electron chi connectivity index (χ4n) is 2.82. The second-order valence-electron chi connectivity index (χ2n) is 6.48. The predicted octanol–water partition coefficient (Wildman–Crippen LogP) is 4.29.